The van der Waals surface area contributed by atoms with E-state index in [1.165, 1.54) is 13.3 Å². The summed E-state index contributed by atoms with van der Waals surface area (Å²) < 4.78 is 18.9. The van der Waals surface area contributed by atoms with Crippen molar-refractivity contribution in [3.05, 3.63) is 26.3 Å². The van der Waals surface area contributed by atoms with Crippen LogP contribution in [0.3, 0.4) is 0 Å². The highest BCUT2D eigenvalue weighted by Gasteiger charge is 2.20. The van der Waals surface area contributed by atoms with Crippen molar-refractivity contribution >= 4 is 56.6 Å². The van der Waals surface area contributed by atoms with Crippen LogP contribution < -0.4 is 10.1 Å². The van der Waals surface area contributed by atoms with Crippen LogP contribution in [0.2, 0.25) is 5.15 Å². The quantitative estimate of drug-likeness (QED) is 0.617. The molecule has 2 rings (SSSR count). The van der Waals surface area contributed by atoms with Gasteiger partial charge in [-0.3, -0.25) is 10.1 Å². The van der Waals surface area contributed by atoms with Gasteiger partial charge < -0.3 is 4.74 Å². The second-order valence-electron chi connectivity index (χ2n) is 3.12. The number of halogens is 3. The summed E-state index contributed by atoms with van der Waals surface area (Å²) in [6.07, 6.45) is 1.31. The lowest BCUT2D eigenvalue weighted by Crippen LogP contribution is -2.16. The summed E-state index contributed by atoms with van der Waals surface area (Å²) in [4.78, 5) is 15.6. The second-order valence-corrected chi connectivity index (χ2v) is 5.58. The maximum Gasteiger partial charge on any atom is 0.295 e. The SMILES string of the molecule is COc1nnc(NC(=O)c2c(I)cnc(Cl)c2F)s1. The molecular formula is C9H5ClFIN4O2S. The minimum atomic E-state index is -0.873. The topological polar surface area (TPSA) is 77.0 Å². The highest BCUT2D eigenvalue weighted by atomic mass is 127. The van der Waals surface area contributed by atoms with Crippen molar-refractivity contribution in [3.8, 4) is 5.19 Å². The van der Waals surface area contributed by atoms with E-state index in [1.807, 2.05) is 0 Å². The van der Waals surface area contributed by atoms with Gasteiger partial charge in [-0.05, 0) is 33.9 Å². The number of hydrogen-bond donors (Lipinski definition) is 1. The number of rotatable bonds is 3. The molecule has 100 valence electrons. The molecule has 1 N–H and O–H groups in total. The summed E-state index contributed by atoms with van der Waals surface area (Å²) >= 11 is 8.36. The van der Waals surface area contributed by atoms with Gasteiger partial charge in [0.05, 0.1) is 12.7 Å². The van der Waals surface area contributed by atoms with Gasteiger partial charge >= 0.3 is 0 Å². The Labute approximate surface area is 129 Å². The number of carbonyl (C=O) groups is 1. The summed E-state index contributed by atoms with van der Waals surface area (Å²) in [5, 5.41) is 9.86. The first-order valence-electron chi connectivity index (χ1n) is 4.71. The van der Waals surface area contributed by atoms with Crippen LogP contribution in [-0.2, 0) is 0 Å². The number of nitrogens with one attached hydrogen (secondary N) is 1. The third-order valence-electron chi connectivity index (χ3n) is 1.96. The number of aromatic nitrogens is 3. The van der Waals surface area contributed by atoms with Crippen molar-refractivity contribution in [2.75, 3.05) is 12.4 Å². The Balaban J connectivity index is 2.27. The fourth-order valence-corrected chi connectivity index (χ4v) is 2.47. The van der Waals surface area contributed by atoms with E-state index in [1.54, 1.807) is 22.6 Å². The first-order valence-corrected chi connectivity index (χ1v) is 6.98. The van der Waals surface area contributed by atoms with Gasteiger partial charge in [0.2, 0.25) is 5.13 Å². The third-order valence-corrected chi connectivity index (χ3v) is 3.84. The predicted octanol–water partition coefficient (Wildman–Crippen LogP) is 2.59. The number of carbonyl (C=O) groups excluding carboxylic acids is 1. The van der Waals surface area contributed by atoms with E-state index >= 15 is 0 Å². The lowest BCUT2D eigenvalue weighted by molar-refractivity contribution is 0.102. The van der Waals surface area contributed by atoms with E-state index in [4.69, 9.17) is 16.3 Å². The van der Waals surface area contributed by atoms with E-state index in [-0.39, 0.29) is 15.8 Å². The Morgan fingerprint density at radius 2 is 2.32 bits per heavy atom. The highest BCUT2D eigenvalue weighted by Crippen LogP contribution is 2.25. The second kappa shape index (κ2) is 5.92. The van der Waals surface area contributed by atoms with Gasteiger partial charge in [-0.1, -0.05) is 16.7 Å². The first-order chi connectivity index (χ1) is 9.02. The molecule has 0 spiro atoms. The maximum atomic E-state index is 13.8. The normalized spacial score (nSPS) is 10.3. The number of hydrogen-bond acceptors (Lipinski definition) is 6. The minimum Gasteiger partial charge on any atom is -0.472 e. The Morgan fingerprint density at radius 3 is 2.95 bits per heavy atom. The molecule has 2 aromatic rings. The van der Waals surface area contributed by atoms with Crippen LogP contribution in [0.15, 0.2) is 6.20 Å². The van der Waals surface area contributed by atoms with Crippen molar-refractivity contribution in [1.29, 1.82) is 0 Å². The fraction of sp³-hybridized carbons (Fsp3) is 0.111. The number of nitrogens with zero attached hydrogens (tertiary/aromatic N) is 3. The standard InChI is InChI=1S/C9H5ClFIN4O2S/c1-18-9-16-15-8(19-9)14-7(17)4-3(12)2-13-6(10)5(4)11/h2H,1H3,(H,14,15,17). The van der Waals surface area contributed by atoms with Gasteiger partial charge in [-0.2, -0.15) is 0 Å². The molecule has 0 fully saturated rings. The molecule has 0 atom stereocenters. The number of amides is 1. The van der Waals surface area contributed by atoms with Crippen molar-refractivity contribution in [2.24, 2.45) is 0 Å². The summed E-state index contributed by atoms with van der Waals surface area (Å²) in [5.41, 5.74) is -0.185. The zero-order valence-corrected chi connectivity index (χ0v) is 13.0. The van der Waals surface area contributed by atoms with Crippen molar-refractivity contribution in [3.63, 3.8) is 0 Å². The molecule has 0 saturated carbocycles. The Morgan fingerprint density at radius 1 is 1.58 bits per heavy atom. The van der Waals surface area contributed by atoms with Crippen molar-refractivity contribution < 1.29 is 13.9 Å². The molecule has 0 saturated heterocycles. The first kappa shape index (κ1) is 14.3. The van der Waals surface area contributed by atoms with Crippen LogP contribution in [0.4, 0.5) is 9.52 Å². The average molecular weight is 415 g/mol. The molecule has 0 aliphatic carbocycles. The van der Waals surface area contributed by atoms with E-state index < -0.39 is 11.7 Å². The van der Waals surface area contributed by atoms with Crippen LogP contribution in [0.25, 0.3) is 0 Å². The molecule has 0 aliphatic rings. The van der Waals surface area contributed by atoms with E-state index in [0.29, 0.717) is 8.76 Å². The van der Waals surface area contributed by atoms with E-state index in [2.05, 4.69) is 20.5 Å². The van der Waals surface area contributed by atoms with Crippen LogP contribution in [0, 0.1) is 9.39 Å². The molecule has 19 heavy (non-hydrogen) atoms. The van der Waals surface area contributed by atoms with E-state index in [9.17, 15) is 9.18 Å². The zero-order valence-electron chi connectivity index (χ0n) is 9.28. The Kier molecular flexibility index (Phi) is 4.47. The van der Waals surface area contributed by atoms with Crippen molar-refractivity contribution in [2.45, 2.75) is 0 Å². The van der Waals surface area contributed by atoms with Gasteiger partial charge in [-0.15, -0.1) is 5.10 Å². The van der Waals surface area contributed by atoms with Crippen LogP contribution in [0.1, 0.15) is 10.4 Å². The Hall–Kier alpha value is -1.07. The molecule has 0 aromatic carbocycles. The van der Waals surface area contributed by atoms with Crippen LogP contribution >= 0.6 is 45.5 Å². The molecule has 2 aromatic heterocycles. The molecular weight excluding hydrogens is 410 g/mol. The van der Waals surface area contributed by atoms with E-state index in [0.717, 1.165) is 11.3 Å². The number of methoxy groups -OCH3 is 1. The molecule has 2 heterocycles. The fourth-order valence-electron chi connectivity index (χ4n) is 1.15. The highest BCUT2D eigenvalue weighted by molar-refractivity contribution is 14.1. The smallest absolute Gasteiger partial charge is 0.295 e. The van der Waals surface area contributed by atoms with Gasteiger partial charge in [0.15, 0.2) is 11.0 Å². The lowest BCUT2D eigenvalue weighted by Gasteiger charge is -2.05. The number of pyridine rings is 1. The maximum absolute atomic E-state index is 13.8. The van der Waals surface area contributed by atoms with Gasteiger partial charge in [0.25, 0.3) is 11.1 Å². The molecule has 0 unspecified atom stereocenters. The Bertz CT molecular complexity index is 639. The summed E-state index contributed by atoms with van der Waals surface area (Å²) in [7, 11) is 1.43. The minimum absolute atomic E-state index is 0.185. The lowest BCUT2D eigenvalue weighted by atomic mass is 10.2. The molecule has 1 amide bonds. The number of anilines is 1. The van der Waals surface area contributed by atoms with Gasteiger partial charge in [0.1, 0.15) is 0 Å². The summed E-state index contributed by atoms with van der Waals surface area (Å²) in [6.45, 7) is 0. The van der Waals surface area contributed by atoms with Gasteiger partial charge in [0, 0.05) is 9.77 Å². The van der Waals surface area contributed by atoms with Crippen LogP contribution in [0.5, 0.6) is 5.19 Å². The summed E-state index contributed by atoms with van der Waals surface area (Å²) in [5.74, 6) is -1.55. The largest absolute Gasteiger partial charge is 0.472 e. The predicted molar refractivity (Wildman–Crippen MR) is 76.3 cm³/mol. The van der Waals surface area contributed by atoms with Crippen molar-refractivity contribution in [1.82, 2.24) is 15.2 Å². The molecule has 6 nitrogen and oxygen atoms in total. The molecule has 0 aliphatic heterocycles. The van der Waals surface area contributed by atoms with Gasteiger partial charge in [-0.25, -0.2) is 9.37 Å². The average Bonchev–Trinajstić information content (AvgIpc) is 2.82. The monoisotopic (exact) mass is 414 g/mol. The van der Waals surface area contributed by atoms with Crippen LogP contribution in [-0.4, -0.2) is 28.2 Å². The number of ether oxygens (including phenoxy) is 1. The molecule has 10 heteroatoms. The summed E-state index contributed by atoms with van der Waals surface area (Å²) in [6, 6.07) is 0. The molecule has 0 bridgehead atoms. The third kappa shape index (κ3) is 3.09. The molecule has 0 radical (unpaired) electrons. The zero-order chi connectivity index (χ0) is 14.0.